The molecule has 3 rings (SSSR count). The second-order valence-electron chi connectivity index (χ2n) is 5.36. The van der Waals surface area contributed by atoms with Crippen LogP contribution in [0.3, 0.4) is 0 Å². The average Bonchev–Trinajstić information content (AvgIpc) is 3.40. The third-order valence-corrected chi connectivity index (χ3v) is 3.84. The summed E-state index contributed by atoms with van der Waals surface area (Å²) in [6.07, 6.45) is 2.28. The molecule has 2 N–H and O–H groups in total. The van der Waals surface area contributed by atoms with Crippen LogP contribution in [0.1, 0.15) is 23.3 Å². The van der Waals surface area contributed by atoms with Gasteiger partial charge in [-0.2, -0.15) is 0 Å². The fraction of sp³-hybridized carbons (Fsp3) is 0.312. The number of ether oxygens (including phenoxy) is 2. The van der Waals surface area contributed by atoms with E-state index in [0.717, 1.165) is 12.8 Å². The van der Waals surface area contributed by atoms with Crippen LogP contribution in [-0.2, 0) is 0 Å². The van der Waals surface area contributed by atoms with E-state index in [1.54, 1.807) is 24.3 Å². The Morgan fingerprint density at radius 2 is 1.92 bits per heavy atom. The number of nitrogens with zero attached hydrogens (tertiary/aromatic N) is 2. The van der Waals surface area contributed by atoms with E-state index in [0.29, 0.717) is 34.1 Å². The second-order valence-corrected chi connectivity index (χ2v) is 5.77. The minimum absolute atomic E-state index is 0.201. The van der Waals surface area contributed by atoms with Crippen molar-refractivity contribution in [2.24, 2.45) is 0 Å². The Bertz CT molecular complexity index is 748. The molecule has 24 heavy (non-hydrogen) atoms. The molecule has 8 heteroatoms. The minimum Gasteiger partial charge on any atom is -0.495 e. The van der Waals surface area contributed by atoms with E-state index >= 15 is 0 Å². The minimum atomic E-state index is -0.400. The highest BCUT2D eigenvalue weighted by Gasteiger charge is 2.21. The number of carbonyl (C=O) groups is 1. The van der Waals surface area contributed by atoms with Crippen LogP contribution < -0.4 is 20.1 Å². The van der Waals surface area contributed by atoms with E-state index in [1.165, 1.54) is 14.2 Å². The number of benzene rings is 1. The molecule has 2 aromatic rings. The highest BCUT2D eigenvalue weighted by Crippen LogP contribution is 2.36. The zero-order valence-corrected chi connectivity index (χ0v) is 14.1. The summed E-state index contributed by atoms with van der Waals surface area (Å²) in [7, 11) is 2.99. The van der Waals surface area contributed by atoms with Crippen LogP contribution in [-0.4, -0.2) is 36.4 Å². The molecular formula is C16H17ClN4O3. The predicted molar refractivity (Wildman–Crippen MR) is 91.2 cm³/mol. The Morgan fingerprint density at radius 3 is 2.50 bits per heavy atom. The number of anilines is 2. The van der Waals surface area contributed by atoms with Gasteiger partial charge >= 0.3 is 0 Å². The van der Waals surface area contributed by atoms with Crippen molar-refractivity contribution < 1.29 is 14.3 Å². The van der Waals surface area contributed by atoms with Gasteiger partial charge < -0.3 is 20.1 Å². The molecule has 1 amide bonds. The summed E-state index contributed by atoms with van der Waals surface area (Å²) in [6, 6.07) is 7.00. The van der Waals surface area contributed by atoms with Crippen LogP contribution in [0.15, 0.2) is 24.3 Å². The molecule has 126 valence electrons. The number of methoxy groups -OCH3 is 2. The summed E-state index contributed by atoms with van der Waals surface area (Å²) in [5.74, 6) is 1.12. The zero-order valence-electron chi connectivity index (χ0n) is 13.3. The highest BCUT2D eigenvalue weighted by molar-refractivity contribution is 6.32. The van der Waals surface area contributed by atoms with E-state index in [9.17, 15) is 4.79 Å². The van der Waals surface area contributed by atoms with Gasteiger partial charge in [0.1, 0.15) is 17.3 Å². The van der Waals surface area contributed by atoms with Crippen molar-refractivity contribution in [3.05, 3.63) is 35.0 Å². The van der Waals surface area contributed by atoms with Gasteiger partial charge in [-0.15, -0.1) is 10.2 Å². The van der Waals surface area contributed by atoms with Gasteiger partial charge in [0, 0.05) is 18.2 Å². The average molecular weight is 349 g/mol. The summed E-state index contributed by atoms with van der Waals surface area (Å²) in [5.41, 5.74) is 0.637. The number of halogens is 1. The largest absolute Gasteiger partial charge is 0.495 e. The molecule has 1 aliphatic rings. The molecule has 1 aromatic carbocycles. The first-order valence-electron chi connectivity index (χ1n) is 7.44. The number of hydrogen-bond donors (Lipinski definition) is 2. The second kappa shape index (κ2) is 6.92. The highest BCUT2D eigenvalue weighted by atomic mass is 35.5. The van der Waals surface area contributed by atoms with Crippen molar-refractivity contribution in [3.8, 4) is 11.5 Å². The Labute approximate surface area is 144 Å². The molecule has 0 aliphatic heterocycles. The lowest BCUT2D eigenvalue weighted by Crippen LogP contribution is -2.15. The molecule has 0 saturated heterocycles. The first-order valence-corrected chi connectivity index (χ1v) is 7.81. The van der Waals surface area contributed by atoms with E-state index in [4.69, 9.17) is 21.1 Å². The van der Waals surface area contributed by atoms with Gasteiger partial charge in [0.15, 0.2) is 5.69 Å². The normalized spacial score (nSPS) is 13.3. The molecular weight excluding hydrogens is 332 g/mol. The topological polar surface area (TPSA) is 85.4 Å². The summed E-state index contributed by atoms with van der Waals surface area (Å²) in [6.45, 7) is 0. The third-order valence-electron chi connectivity index (χ3n) is 3.55. The molecule has 1 aliphatic carbocycles. The SMILES string of the molecule is COc1cc(NC(=O)c2ccc(NC3CC3)nn2)c(OC)cc1Cl. The number of carbonyl (C=O) groups excluding carboxylic acids is 1. The summed E-state index contributed by atoms with van der Waals surface area (Å²) < 4.78 is 10.4. The molecule has 0 atom stereocenters. The molecule has 0 spiro atoms. The summed E-state index contributed by atoms with van der Waals surface area (Å²) in [4.78, 5) is 12.3. The molecule has 0 bridgehead atoms. The number of nitrogens with one attached hydrogen (secondary N) is 2. The molecule has 1 aromatic heterocycles. The van der Waals surface area contributed by atoms with Crippen molar-refractivity contribution in [1.29, 1.82) is 0 Å². The van der Waals surface area contributed by atoms with Crippen molar-refractivity contribution >= 4 is 29.0 Å². The van der Waals surface area contributed by atoms with E-state index in [-0.39, 0.29) is 5.69 Å². The Kier molecular flexibility index (Phi) is 4.71. The molecule has 1 heterocycles. The van der Waals surface area contributed by atoms with Crippen LogP contribution >= 0.6 is 11.6 Å². The summed E-state index contributed by atoms with van der Waals surface area (Å²) >= 11 is 6.05. The van der Waals surface area contributed by atoms with E-state index in [2.05, 4.69) is 20.8 Å². The number of rotatable bonds is 6. The lowest BCUT2D eigenvalue weighted by Gasteiger charge is -2.13. The van der Waals surface area contributed by atoms with Crippen LogP contribution in [0.25, 0.3) is 0 Å². The van der Waals surface area contributed by atoms with Gasteiger partial charge in [-0.1, -0.05) is 11.6 Å². The molecule has 7 nitrogen and oxygen atoms in total. The molecule has 1 fully saturated rings. The van der Waals surface area contributed by atoms with Crippen molar-refractivity contribution in [1.82, 2.24) is 10.2 Å². The first-order chi connectivity index (χ1) is 11.6. The van der Waals surface area contributed by atoms with E-state index in [1.807, 2.05) is 0 Å². The van der Waals surface area contributed by atoms with Crippen LogP contribution in [0.5, 0.6) is 11.5 Å². The zero-order chi connectivity index (χ0) is 17.1. The maximum atomic E-state index is 12.3. The molecule has 1 saturated carbocycles. The van der Waals surface area contributed by atoms with Gasteiger partial charge in [-0.25, -0.2) is 0 Å². The molecule has 0 radical (unpaired) electrons. The van der Waals surface area contributed by atoms with E-state index < -0.39 is 5.91 Å². The summed E-state index contributed by atoms with van der Waals surface area (Å²) in [5, 5.41) is 14.3. The monoisotopic (exact) mass is 348 g/mol. The maximum absolute atomic E-state index is 12.3. The van der Waals surface area contributed by atoms with Gasteiger partial charge in [-0.3, -0.25) is 4.79 Å². The Balaban J connectivity index is 1.76. The van der Waals surface area contributed by atoms with Crippen molar-refractivity contribution in [3.63, 3.8) is 0 Å². The fourth-order valence-electron chi connectivity index (χ4n) is 2.11. The third kappa shape index (κ3) is 3.68. The van der Waals surface area contributed by atoms with Crippen LogP contribution in [0.2, 0.25) is 5.02 Å². The Morgan fingerprint density at radius 1 is 1.17 bits per heavy atom. The van der Waals surface area contributed by atoms with Crippen LogP contribution in [0.4, 0.5) is 11.5 Å². The van der Waals surface area contributed by atoms with Crippen molar-refractivity contribution in [2.75, 3.05) is 24.9 Å². The maximum Gasteiger partial charge on any atom is 0.276 e. The Hall–Kier alpha value is -2.54. The van der Waals surface area contributed by atoms with Gasteiger partial charge in [-0.05, 0) is 25.0 Å². The molecule has 0 unspecified atom stereocenters. The number of amides is 1. The lowest BCUT2D eigenvalue weighted by atomic mass is 10.2. The number of aromatic nitrogens is 2. The van der Waals surface area contributed by atoms with Gasteiger partial charge in [0.05, 0.1) is 24.9 Å². The predicted octanol–water partition coefficient (Wildman–Crippen LogP) is 2.97. The fourth-order valence-corrected chi connectivity index (χ4v) is 2.34. The standard InChI is InChI=1S/C16H17ClN4O3/c1-23-13-8-12(14(24-2)7-10(13)17)19-16(22)11-5-6-15(21-20-11)18-9-3-4-9/h5-9H,3-4H2,1-2H3,(H,18,21)(H,19,22). The number of hydrogen-bond acceptors (Lipinski definition) is 6. The quantitative estimate of drug-likeness (QED) is 0.834. The van der Waals surface area contributed by atoms with Gasteiger partial charge in [0.25, 0.3) is 5.91 Å². The van der Waals surface area contributed by atoms with Gasteiger partial charge in [0.2, 0.25) is 0 Å². The van der Waals surface area contributed by atoms with Crippen molar-refractivity contribution in [2.45, 2.75) is 18.9 Å². The first kappa shape index (κ1) is 16.3. The van der Waals surface area contributed by atoms with Crippen LogP contribution in [0, 0.1) is 0 Å². The lowest BCUT2D eigenvalue weighted by molar-refractivity contribution is 0.102. The smallest absolute Gasteiger partial charge is 0.276 e.